The average Bonchev–Trinajstić information content (AvgIpc) is 2.95. The molecule has 19 heavy (non-hydrogen) atoms. The van der Waals surface area contributed by atoms with Crippen LogP contribution in [0.25, 0.3) is 0 Å². The highest BCUT2D eigenvalue weighted by Gasteiger charge is 2.17. The van der Waals surface area contributed by atoms with E-state index in [4.69, 9.17) is 9.47 Å². The molecule has 0 radical (unpaired) electrons. The Kier molecular flexibility index (Phi) is 2.95. The van der Waals surface area contributed by atoms with E-state index in [2.05, 4.69) is 4.98 Å². The monoisotopic (exact) mass is 258 g/mol. The number of ether oxygens (including phenoxy) is 2. The number of imidazole rings is 1. The second-order valence-electron chi connectivity index (χ2n) is 4.28. The van der Waals surface area contributed by atoms with Gasteiger partial charge in [0.15, 0.2) is 11.5 Å². The molecule has 3 rings (SSSR count). The molecule has 0 saturated heterocycles. The number of aromatic nitrogens is 2. The number of rotatable bonds is 3. The fraction of sp³-hybridized carbons (Fsp3) is 0.286. The largest absolute Gasteiger partial charge is 0.486 e. The molecule has 0 amide bonds. The van der Waals surface area contributed by atoms with Gasteiger partial charge < -0.3 is 14.0 Å². The Morgan fingerprint density at radius 2 is 2.11 bits per heavy atom. The SMILES string of the molecule is CCn1cnc(C(=O)c2ccc3c(c2)OCCO3)c1. The number of aryl methyl sites for hydroxylation is 1. The van der Waals surface area contributed by atoms with Crippen molar-refractivity contribution in [3.05, 3.63) is 42.0 Å². The van der Waals surface area contributed by atoms with Crippen molar-refractivity contribution in [3.8, 4) is 11.5 Å². The standard InChI is InChI=1S/C14H14N2O3/c1-2-16-8-11(15-9-16)14(17)10-3-4-12-13(7-10)19-6-5-18-12/h3-4,7-9H,2,5-6H2,1H3. The number of hydrogen-bond acceptors (Lipinski definition) is 4. The molecule has 0 N–H and O–H groups in total. The van der Waals surface area contributed by atoms with Gasteiger partial charge in [0.05, 0.1) is 6.33 Å². The van der Waals surface area contributed by atoms with Gasteiger partial charge in [0.2, 0.25) is 5.78 Å². The molecule has 0 fully saturated rings. The number of ketones is 1. The minimum atomic E-state index is -0.107. The maximum atomic E-state index is 12.3. The molecular formula is C14H14N2O3. The Labute approximate surface area is 110 Å². The molecule has 2 aromatic rings. The van der Waals surface area contributed by atoms with E-state index in [9.17, 15) is 4.79 Å². The zero-order chi connectivity index (χ0) is 13.2. The predicted octanol–water partition coefficient (Wildman–Crippen LogP) is 1.91. The molecular weight excluding hydrogens is 244 g/mol. The van der Waals surface area contributed by atoms with Gasteiger partial charge >= 0.3 is 0 Å². The Bertz CT molecular complexity index is 619. The summed E-state index contributed by atoms with van der Waals surface area (Å²) >= 11 is 0. The van der Waals surface area contributed by atoms with Crippen LogP contribution in [-0.2, 0) is 6.54 Å². The van der Waals surface area contributed by atoms with Crippen molar-refractivity contribution in [1.82, 2.24) is 9.55 Å². The number of carbonyl (C=O) groups excluding carboxylic acids is 1. The molecule has 1 aromatic carbocycles. The second-order valence-corrected chi connectivity index (χ2v) is 4.28. The minimum Gasteiger partial charge on any atom is -0.486 e. The van der Waals surface area contributed by atoms with E-state index in [0.29, 0.717) is 36.0 Å². The highest BCUT2D eigenvalue weighted by Crippen LogP contribution is 2.31. The number of benzene rings is 1. The molecule has 5 heteroatoms. The summed E-state index contributed by atoms with van der Waals surface area (Å²) in [6.07, 6.45) is 3.41. The number of nitrogens with zero attached hydrogens (tertiary/aromatic N) is 2. The fourth-order valence-corrected chi connectivity index (χ4v) is 1.98. The van der Waals surface area contributed by atoms with Crippen molar-refractivity contribution in [2.75, 3.05) is 13.2 Å². The zero-order valence-electron chi connectivity index (χ0n) is 10.6. The maximum Gasteiger partial charge on any atom is 0.213 e. The lowest BCUT2D eigenvalue weighted by molar-refractivity contribution is 0.103. The molecule has 2 heterocycles. The van der Waals surface area contributed by atoms with E-state index < -0.39 is 0 Å². The van der Waals surface area contributed by atoms with Gasteiger partial charge in [-0.3, -0.25) is 4.79 Å². The highest BCUT2D eigenvalue weighted by molar-refractivity contribution is 6.07. The van der Waals surface area contributed by atoms with Crippen LogP contribution in [0.1, 0.15) is 23.0 Å². The molecule has 0 atom stereocenters. The van der Waals surface area contributed by atoms with Crippen molar-refractivity contribution in [1.29, 1.82) is 0 Å². The fourth-order valence-electron chi connectivity index (χ4n) is 1.98. The van der Waals surface area contributed by atoms with Crippen LogP contribution in [0.2, 0.25) is 0 Å². The average molecular weight is 258 g/mol. The third-order valence-corrected chi connectivity index (χ3v) is 3.04. The van der Waals surface area contributed by atoms with Crippen LogP contribution in [0, 0.1) is 0 Å². The highest BCUT2D eigenvalue weighted by atomic mass is 16.6. The van der Waals surface area contributed by atoms with Gasteiger partial charge in [0, 0.05) is 18.3 Å². The summed E-state index contributed by atoms with van der Waals surface area (Å²) in [4.78, 5) is 16.4. The van der Waals surface area contributed by atoms with Crippen LogP contribution < -0.4 is 9.47 Å². The van der Waals surface area contributed by atoms with Crippen LogP contribution in [-0.4, -0.2) is 28.5 Å². The summed E-state index contributed by atoms with van der Waals surface area (Å²) in [6.45, 7) is 3.84. The molecule has 1 aromatic heterocycles. The lowest BCUT2D eigenvalue weighted by Crippen LogP contribution is -2.16. The summed E-state index contributed by atoms with van der Waals surface area (Å²) < 4.78 is 12.8. The minimum absolute atomic E-state index is 0.107. The Balaban J connectivity index is 1.91. The van der Waals surface area contributed by atoms with E-state index in [0.717, 1.165) is 6.54 Å². The van der Waals surface area contributed by atoms with Crippen LogP contribution >= 0.6 is 0 Å². The first-order chi connectivity index (χ1) is 9.28. The van der Waals surface area contributed by atoms with Gasteiger partial charge in [0.1, 0.15) is 18.9 Å². The molecule has 0 saturated carbocycles. The van der Waals surface area contributed by atoms with Gasteiger partial charge in [-0.1, -0.05) is 0 Å². The van der Waals surface area contributed by atoms with Crippen LogP contribution in [0.5, 0.6) is 11.5 Å². The molecule has 0 spiro atoms. The Hall–Kier alpha value is -2.30. The number of carbonyl (C=O) groups is 1. The molecule has 0 unspecified atom stereocenters. The first kappa shape index (κ1) is 11.8. The van der Waals surface area contributed by atoms with Crippen LogP contribution in [0.3, 0.4) is 0 Å². The molecule has 0 bridgehead atoms. The lowest BCUT2D eigenvalue weighted by Gasteiger charge is -2.18. The van der Waals surface area contributed by atoms with E-state index in [-0.39, 0.29) is 5.78 Å². The zero-order valence-corrected chi connectivity index (χ0v) is 10.6. The topological polar surface area (TPSA) is 53.4 Å². The van der Waals surface area contributed by atoms with Gasteiger partial charge in [-0.05, 0) is 25.1 Å². The van der Waals surface area contributed by atoms with E-state index in [1.165, 1.54) is 0 Å². The second kappa shape index (κ2) is 4.76. The van der Waals surface area contributed by atoms with Gasteiger partial charge in [0.25, 0.3) is 0 Å². The van der Waals surface area contributed by atoms with E-state index >= 15 is 0 Å². The Morgan fingerprint density at radius 1 is 1.32 bits per heavy atom. The first-order valence-corrected chi connectivity index (χ1v) is 6.24. The molecule has 98 valence electrons. The Morgan fingerprint density at radius 3 is 2.84 bits per heavy atom. The van der Waals surface area contributed by atoms with Crippen LogP contribution in [0.15, 0.2) is 30.7 Å². The molecule has 1 aliphatic heterocycles. The number of hydrogen-bond donors (Lipinski definition) is 0. The molecule has 5 nitrogen and oxygen atoms in total. The predicted molar refractivity (Wildman–Crippen MR) is 68.8 cm³/mol. The van der Waals surface area contributed by atoms with Crippen LogP contribution in [0.4, 0.5) is 0 Å². The number of fused-ring (bicyclic) bond motifs is 1. The summed E-state index contributed by atoms with van der Waals surface area (Å²) in [6, 6.07) is 5.21. The van der Waals surface area contributed by atoms with Gasteiger partial charge in [-0.25, -0.2) is 4.98 Å². The normalized spacial score (nSPS) is 13.3. The summed E-state index contributed by atoms with van der Waals surface area (Å²) in [5, 5.41) is 0. The molecule has 0 aliphatic carbocycles. The van der Waals surface area contributed by atoms with Crippen molar-refractivity contribution in [3.63, 3.8) is 0 Å². The van der Waals surface area contributed by atoms with Crippen molar-refractivity contribution >= 4 is 5.78 Å². The summed E-state index contributed by atoms with van der Waals surface area (Å²) in [7, 11) is 0. The molecule has 1 aliphatic rings. The summed E-state index contributed by atoms with van der Waals surface area (Å²) in [5.41, 5.74) is 1.00. The van der Waals surface area contributed by atoms with E-state index in [1.807, 2.05) is 11.5 Å². The van der Waals surface area contributed by atoms with Crippen molar-refractivity contribution < 1.29 is 14.3 Å². The smallest absolute Gasteiger partial charge is 0.213 e. The first-order valence-electron chi connectivity index (χ1n) is 6.24. The maximum absolute atomic E-state index is 12.3. The summed E-state index contributed by atoms with van der Waals surface area (Å²) in [5.74, 6) is 1.19. The van der Waals surface area contributed by atoms with E-state index in [1.54, 1.807) is 30.7 Å². The van der Waals surface area contributed by atoms with Crippen molar-refractivity contribution in [2.45, 2.75) is 13.5 Å². The quantitative estimate of drug-likeness (QED) is 0.789. The lowest BCUT2D eigenvalue weighted by atomic mass is 10.1. The van der Waals surface area contributed by atoms with Gasteiger partial charge in [-0.2, -0.15) is 0 Å². The third kappa shape index (κ3) is 2.19. The third-order valence-electron chi connectivity index (χ3n) is 3.04. The van der Waals surface area contributed by atoms with Gasteiger partial charge in [-0.15, -0.1) is 0 Å². The van der Waals surface area contributed by atoms with Crippen molar-refractivity contribution in [2.24, 2.45) is 0 Å².